The Hall–Kier alpha value is -1.40. The number of amides is 1. The Morgan fingerprint density at radius 3 is 0.789 bits per heavy atom. The summed E-state index contributed by atoms with van der Waals surface area (Å²) in [7, 11) is 0. The zero-order valence-corrected chi connectivity index (χ0v) is 61.7. The molecule has 0 saturated heterocycles. The first kappa shape index (κ1) is 88.6. The molecule has 0 bridgehead atoms. The Labute approximate surface area is 565 Å². The summed E-state index contributed by atoms with van der Waals surface area (Å²) < 4.78 is 5.52. The third kappa shape index (κ3) is 75.6. The summed E-state index contributed by atoms with van der Waals surface area (Å²) in [6, 6.07) is -0.540. The Morgan fingerprint density at radius 1 is 0.300 bits per heavy atom. The summed E-state index contributed by atoms with van der Waals surface area (Å²) in [6.45, 7) is 5.02. The standard InChI is InChI=1S/C84H165NO5/c1-3-5-7-9-11-13-15-17-19-21-22-23-24-35-38-41-45-48-52-56-60-64-68-72-76-82(87)81(80-86)85-83(88)77-73-69-65-61-57-53-49-46-42-39-36-33-31-29-27-25-26-28-30-32-34-37-40-43-47-51-55-59-63-67-71-75-79-90-84(89)78-74-70-66-62-58-54-50-44-20-18-16-14-12-10-8-6-4-2/h28,30,81-82,86-87H,3-27,29,31-80H2,1-2H3,(H,85,88)/b30-28-. The van der Waals surface area contributed by atoms with E-state index >= 15 is 0 Å². The summed E-state index contributed by atoms with van der Waals surface area (Å²) in [6.07, 6.45) is 102. The van der Waals surface area contributed by atoms with Crippen LogP contribution in [0.25, 0.3) is 0 Å². The first-order valence-corrected chi connectivity index (χ1v) is 41.9. The Morgan fingerprint density at radius 2 is 0.522 bits per heavy atom. The number of rotatable bonds is 80. The van der Waals surface area contributed by atoms with Crippen LogP contribution in [0.4, 0.5) is 0 Å². The number of allylic oxidation sites excluding steroid dienone is 2. The van der Waals surface area contributed by atoms with E-state index in [1.165, 1.54) is 417 Å². The van der Waals surface area contributed by atoms with E-state index in [1.807, 2.05) is 0 Å². The van der Waals surface area contributed by atoms with Crippen LogP contribution in [0.15, 0.2) is 12.2 Å². The van der Waals surface area contributed by atoms with Crippen molar-refractivity contribution in [3.63, 3.8) is 0 Å². The molecular weight excluding hydrogens is 1100 g/mol. The highest BCUT2D eigenvalue weighted by molar-refractivity contribution is 5.76. The van der Waals surface area contributed by atoms with Gasteiger partial charge in [-0.2, -0.15) is 0 Å². The predicted molar refractivity (Wildman–Crippen MR) is 398 cm³/mol. The lowest BCUT2D eigenvalue weighted by Gasteiger charge is -2.22. The molecule has 0 aromatic heterocycles. The summed E-state index contributed by atoms with van der Waals surface area (Å²) in [5.41, 5.74) is 0. The van der Waals surface area contributed by atoms with E-state index in [2.05, 4.69) is 31.3 Å². The molecular formula is C84H165NO5. The van der Waals surface area contributed by atoms with E-state index in [0.717, 1.165) is 38.5 Å². The molecule has 90 heavy (non-hydrogen) atoms. The van der Waals surface area contributed by atoms with Gasteiger partial charge >= 0.3 is 5.97 Å². The highest BCUT2D eigenvalue weighted by Crippen LogP contribution is 2.21. The van der Waals surface area contributed by atoms with Gasteiger partial charge in [0.2, 0.25) is 5.91 Å². The smallest absolute Gasteiger partial charge is 0.305 e. The molecule has 3 N–H and O–H groups in total. The van der Waals surface area contributed by atoms with Crippen LogP contribution in [0.3, 0.4) is 0 Å². The van der Waals surface area contributed by atoms with Crippen LogP contribution in [0.5, 0.6) is 0 Å². The molecule has 0 spiro atoms. The Balaban J connectivity index is 3.34. The molecule has 0 aliphatic heterocycles. The van der Waals surface area contributed by atoms with Gasteiger partial charge < -0.3 is 20.3 Å². The van der Waals surface area contributed by atoms with Crippen LogP contribution >= 0.6 is 0 Å². The van der Waals surface area contributed by atoms with E-state index in [-0.39, 0.29) is 18.5 Å². The van der Waals surface area contributed by atoms with Gasteiger partial charge in [0, 0.05) is 12.8 Å². The minimum Gasteiger partial charge on any atom is -0.466 e. The van der Waals surface area contributed by atoms with Crippen molar-refractivity contribution in [2.75, 3.05) is 13.2 Å². The number of aliphatic hydroxyl groups is 2. The van der Waals surface area contributed by atoms with Crippen molar-refractivity contribution < 1.29 is 24.5 Å². The van der Waals surface area contributed by atoms with Gasteiger partial charge in [-0.05, 0) is 51.4 Å². The molecule has 0 aromatic rings. The van der Waals surface area contributed by atoms with Crippen LogP contribution in [0, 0.1) is 0 Å². The molecule has 0 aliphatic rings. The summed E-state index contributed by atoms with van der Waals surface area (Å²) >= 11 is 0. The zero-order chi connectivity index (χ0) is 64.9. The van der Waals surface area contributed by atoms with E-state index in [4.69, 9.17) is 4.74 Å². The van der Waals surface area contributed by atoms with Gasteiger partial charge in [-0.15, -0.1) is 0 Å². The number of hydrogen-bond donors (Lipinski definition) is 3. The van der Waals surface area contributed by atoms with E-state index in [1.54, 1.807) is 0 Å². The third-order valence-electron chi connectivity index (χ3n) is 20.1. The van der Waals surface area contributed by atoms with Crippen molar-refractivity contribution in [1.29, 1.82) is 0 Å². The van der Waals surface area contributed by atoms with Gasteiger partial charge in [-0.3, -0.25) is 9.59 Å². The Bertz CT molecular complexity index is 1370. The number of hydrogen-bond acceptors (Lipinski definition) is 5. The normalized spacial score (nSPS) is 12.4. The maximum Gasteiger partial charge on any atom is 0.305 e. The minimum absolute atomic E-state index is 0.0237. The molecule has 0 heterocycles. The maximum absolute atomic E-state index is 12.6. The molecule has 536 valence electrons. The molecule has 0 fully saturated rings. The average molecular weight is 1270 g/mol. The van der Waals surface area contributed by atoms with Crippen molar-refractivity contribution >= 4 is 11.9 Å². The van der Waals surface area contributed by atoms with Crippen molar-refractivity contribution in [1.82, 2.24) is 5.32 Å². The van der Waals surface area contributed by atoms with Gasteiger partial charge in [0.15, 0.2) is 0 Å². The number of esters is 1. The SMILES string of the molecule is CCCCCCCCCCCCCCCCCCCCCCCCCCC(O)C(CO)NC(=O)CCCCCCCCCCCCCCCCCC/C=C\CCCCCCCCCCCCCCOC(=O)CCCCCCCCCCCCCCCCCCC. The number of carbonyl (C=O) groups excluding carboxylic acids is 2. The summed E-state index contributed by atoms with van der Waals surface area (Å²) in [4.78, 5) is 24.7. The lowest BCUT2D eigenvalue weighted by atomic mass is 10.0. The monoisotopic (exact) mass is 1270 g/mol. The van der Waals surface area contributed by atoms with E-state index < -0.39 is 12.1 Å². The summed E-state index contributed by atoms with van der Waals surface area (Å²) in [5.74, 6) is -0.00218. The van der Waals surface area contributed by atoms with Crippen molar-refractivity contribution in [3.05, 3.63) is 12.2 Å². The second-order valence-electron chi connectivity index (χ2n) is 29.2. The van der Waals surface area contributed by atoms with Gasteiger partial charge in [0.1, 0.15) is 0 Å². The van der Waals surface area contributed by atoms with E-state index in [0.29, 0.717) is 25.9 Å². The number of nitrogens with one attached hydrogen (secondary N) is 1. The molecule has 0 aliphatic carbocycles. The maximum atomic E-state index is 12.6. The van der Waals surface area contributed by atoms with Crippen LogP contribution in [-0.2, 0) is 14.3 Å². The van der Waals surface area contributed by atoms with Gasteiger partial charge in [0.25, 0.3) is 0 Å². The zero-order valence-electron chi connectivity index (χ0n) is 61.7. The van der Waals surface area contributed by atoms with Crippen LogP contribution in [-0.4, -0.2) is 47.4 Å². The first-order valence-electron chi connectivity index (χ1n) is 41.9. The molecule has 0 saturated carbocycles. The molecule has 0 aromatic carbocycles. The quantitative estimate of drug-likeness (QED) is 0.0320. The fraction of sp³-hybridized carbons (Fsp3) is 0.952. The second-order valence-corrected chi connectivity index (χ2v) is 29.2. The number of ether oxygens (including phenoxy) is 1. The molecule has 6 nitrogen and oxygen atoms in total. The van der Waals surface area contributed by atoms with Gasteiger partial charge in [0.05, 0.1) is 25.4 Å². The van der Waals surface area contributed by atoms with Crippen molar-refractivity contribution in [2.45, 2.75) is 501 Å². The summed E-state index contributed by atoms with van der Waals surface area (Å²) in [5, 5.41) is 23.5. The Kier molecular flexibility index (Phi) is 78.8. The van der Waals surface area contributed by atoms with Crippen molar-refractivity contribution in [3.8, 4) is 0 Å². The van der Waals surface area contributed by atoms with Crippen LogP contribution in [0.2, 0.25) is 0 Å². The van der Waals surface area contributed by atoms with E-state index in [9.17, 15) is 19.8 Å². The third-order valence-corrected chi connectivity index (χ3v) is 20.1. The number of unbranched alkanes of at least 4 members (excludes halogenated alkanes) is 67. The number of carbonyl (C=O) groups is 2. The second kappa shape index (κ2) is 80.0. The molecule has 2 atom stereocenters. The van der Waals surface area contributed by atoms with Crippen LogP contribution < -0.4 is 5.32 Å². The van der Waals surface area contributed by atoms with Crippen molar-refractivity contribution in [2.24, 2.45) is 0 Å². The largest absolute Gasteiger partial charge is 0.466 e. The fourth-order valence-corrected chi connectivity index (χ4v) is 13.7. The molecule has 6 heteroatoms. The molecule has 1 amide bonds. The minimum atomic E-state index is -0.664. The molecule has 2 unspecified atom stereocenters. The van der Waals surface area contributed by atoms with Gasteiger partial charge in [-0.25, -0.2) is 0 Å². The molecule has 0 rings (SSSR count). The fourth-order valence-electron chi connectivity index (χ4n) is 13.7. The predicted octanol–water partition coefficient (Wildman–Crippen LogP) is 27.8. The van der Waals surface area contributed by atoms with Crippen LogP contribution in [0.1, 0.15) is 489 Å². The lowest BCUT2D eigenvalue weighted by Crippen LogP contribution is -2.45. The highest BCUT2D eigenvalue weighted by atomic mass is 16.5. The average Bonchev–Trinajstić information content (AvgIpc) is 3.57. The highest BCUT2D eigenvalue weighted by Gasteiger charge is 2.20. The lowest BCUT2D eigenvalue weighted by molar-refractivity contribution is -0.143. The topological polar surface area (TPSA) is 95.9 Å². The molecule has 0 radical (unpaired) electrons. The first-order chi connectivity index (χ1) is 44.5. The number of aliphatic hydroxyl groups excluding tert-OH is 2. The van der Waals surface area contributed by atoms with Gasteiger partial charge in [-0.1, -0.05) is 437 Å².